The molecule has 1 aliphatic heterocycles. The largest absolute Gasteiger partial charge is 0.326 e. The van der Waals surface area contributed by atoms with E-state index in [2.05, 4.69) is 46.9 Å². The lowest BCUT2D eigenvalue weighted by Gasteiger charge is -2.08. The molecule has 0 spiro atoms. The molecule has 0 unspecified atom stereocenters. The van der Waals surface area contributed by atoms with Gasteiger partial charge in [0.1, 0.15) is 10.7 Å². The molecule has 7 nitrogen and oxygen atoms in total. The monoisotopic (exact) mass is 447 g/mol. The number of carbonyl (C=O) groups excluding carboxylic acids is 2. The number of nitrogens with zero attached hydrogens (tertiary/aromatic N) is 3. The van der Waals surface area contributed by atoms with Crippen molar-refractivity contribution in [1.29, 1.82) is 0 Å². The van der Waals surface area contributed by atoms with Crippen molar-refractivity contribution in [3.63, 3.8) is 0 Å². The maximum atomic E-state index is 12.0. The summed E-state index contributed by atoms with van der Waals surface area (Å²) in [7, 11) is 0. The number of aryl methyl sites for hydroxylation is 1. The summed E-state index contributed by atoms with van der Waals surface area (Å²) in [6.07, 6.45) is 3.26. The normalized spacial score (nSPS) is 14.9. The van der Waals surface area contributed by atoms with Crippen molar-refractivity contribution in [2.75, 3.05) is 0 Å². The second kappa shape index (κ2) is 8.01. The minimum Gasteiger partial charge on any atom is -0.303 e. The van der Waals surface area contributed by atoms with Crippen molar-refractivity contribution >= 4 is 46.8 Å². The molecule has 0 atom stereocenters. The Morgan fingerprint density at radius 1 is 1.13 bits per heavy atom. The Labute approximate surface area is 186 Å². The Balaban J connectivity index is 1.59. The van der Waals surface area contributed by atoms with Crippen LogP contribution >= 0.6 is 23.1 Å². The van der Waals surface area contributed by atoms with Gasteiger partial charge in [0.25, 0.3) is 5.91 Å². The molecule has 4 aromatic rings. The quantitative estimate of drug-likeness (QED) is 0.207. The SMILES string of the molecule is Cc1ccc(-c2cc(SCc3ccccc3)n3ncc(/C=C4\NC(=O)NC4=O)c3n2)s1. The first-order chi connectivity index (χ1) is 15.1. The molecule has 9 heteroatoms. The molecule has 0 aliphatic carbocycles. The van der Waals surface area contributed by atoms with Gasteiger partial charge in [-0.05, 0) is 36.8 Å². The highest BCUT2D eigenvalue weighted by atomic mass is 32.2. The molecule has 3 amide bonds. The van der Waals surface area contributed by atoms with Crippen LogP contribution in [0.3, 0.4) is 0 Å². The van der Waals surface area contributed by atoms with Crippen LogP contribution in [-0.4, -0.2) is 26.5 Å². The van der Waals surface area contributed by atoms with E-state index in [0.29, 0.717) is 11.2 Å². The number of urea groups is 1. The number of nitrogens with one attached hydrogen (secondary N) is 2. The van der Waals surface area contributed by atoms with Gasteiger partial charge in [0.15, 0.2) is 5.65 Å². The summed E-state index contributed by atoms with van der Waals surface area (Å²) in [5.74, 6) is 0.325. The van der Waals surface area contributed by atoms with Gasteiger partial charge in [-0.3, -0.25) is 10.1 Å². The molecule has 0 saturated carbocycles. The molecule has 1 fully saturated rings. The second-order valence-corrected chi connectivity index (χ2v) is 9.25. The lowest BCUT2D eigenvalue weighted by atomic mass is 10.2. The zero-order valence-corrected chi connectivity index (χ0v) is 18.1. The van der Waals surface area contributed by atoms with Gasteiger partial charge in [-0.2, -0.15) is 5.10 Å². The smallest absolute Gasteiger partial charge is 0.303 e. The molecule has 3 aromatic heterocycles. The fraction of sp³-hybridized carbons (Fsp3) is 0.0909. The van der Waals surface area contributed by atoms with Crippen LogP contribution in [0.15, 0.2) is 65.5 Å². The van der Waals surface area contributed by atoms with Crippen LogP contribution in [0.1, 0.15) is 16.0 Å². The Morgan fingerprint density at radius 3 is 2.68 bits per heavy atom. The lowest BCUT2D eigenvalue weighted by Crippen LogP contribution is -2.22. The van der Waals surface area contributed by atoms with Crippen LogP contribution in [0.4, 0.5) is 4.79 Å². The molecule has 1 aromatic carbocycles. The first-order valence-electron chi connectivity index (χ1n) is 9.53. The fourth-order valence-corrected chi connectivity index (χ4v) is 5.01. The highest BCUT2D eigenvalue weighted by Crippen LogP contribution is 2.32. The number of thiophene rings is 1. The van der Waals surface area contributed by atoms with Crippen molar-refractivity contribution in [2.45, 2.75) is 17.7 Å². The number of amides is 3. The summed E-state index contributed by atoms with van der Waals surface area (Å²) >= 11 is 3.35. The number of hydrogen-bond acceptors (Lipinski definition) is 6. The zero-order valence-electron chi connectivity index (χ0n) is 16.5. The fourth-order valence-electron chi connectivity index (χ4n) is 3.22. The summed E-state index contributed by atoms with van der Waals surface area (Å²) in [6.45, 7) is 2.06. The van der Waals surface area contributed by atoms with Crippen LogP contribution in [-0.2, 0) is 10.5 Å². The van der Waals surface area contributed by atoms with Crippen molar-refractivity contribution in [1.82, 2.24) is 25.2 Å². The number of carbonyl (C=O) groups is 2. The van der Waals surface area contributed by atoms with Crippen molar-refractivity contribution < 1.29 is 9.59 Å². The van der Waals surface area contributed by atoms with E-state index in [4.69, 9.17) is 4.98 Å². The topological polar surface area (TPSA) is 88.4 Å². The molecule has 0 bridgehead atoms. The molecule has 31 heavy (non-hydrogen) atoms. The van der Waals surface area contributed by atoms with E-state index in [-0.39, 0.29) is 5.70 Å². The third kappa shape index (κ3) is 3.97. The number of benzene rings is 1. The highest BCUT2D eigenvalue weighted by molar-refractivity contribution is 7.98. The summed E-state index contributed by atoms with van der Waals surface area (Å²) in [5.41, 5.74) is 3.52. The molecule has 0 radical (unpaired) electrons. The zero-order chi connectivity index (χ0) is 21.4. The van der Waals surface area contributed by atoms with Crippen LogP contribution < -0.4 is 10.6 Å². The van der Waals surface area contributed by atoms with Crippen molar-refractivity contribution in [3.8, 4) is 10.6 Å². The first kappa shape index (κ1) is 19.5. The van der Waals surface area contributed by atoms with Crippen LogP contribution in [0.5, 0.6) is 0 Å². The minimum atomic E-state index is -0.533. The van der Waals surface area contributed by atoms with Crippen molar-refractivity contribution in [2.24, 2.45) is 0 Å². The maximum Gasteiger partial charge on any atom is 0.326 e. The summed E-state index contributed by atoms with van der Waals surface area (Å²) in [5, 5.41) is 10.2. The number of fused-ring (bicyclic) bond motifs is 1. The molecular formula is C22H17N5O2S2. The van der Waals surface area contributed by atoms with Gasteiger partial charge in [0.05, 0.1) is 16.8 Å². The third-order valence-corrected chi connectivity index (χ3v) is 6.80. The molecular weight excluding hydrogens is 430 g/mol. The summed E-state index contributed by atoms with van der Waals surface area (Å²) < 4.78 is 1.78. The Bertz CT molecular complexity index is 1340. The predicted octanol–water partition coefficient (Wildman–Crippen LogP) is 4.24. The predicted molar refractivity (Wildman–Crippen MR) is 122 cm³/mol. The lowest BCUT2D eigenvalue weighted by molar-refractivity contribution is -0.115. The minimum absolute atomic E-state index is 0.178. The molecule has 1 saturated heterocycles. The average Bonchev–Trinajstić information content (AvgIpc) is 3.46. The maximum absolute atomic E-state index is 12.0. The third-order valence-electron chi connectivity index (χ3n) is 4.71. The van der Waals surface area contributed by atoms with Crippen LogP contribution in [0.25, 0.3) is 22.3 Å². The van der Waals surface area contributed by atoms with E-state index in [1.54, 1.807) is 39.9 Å². The van der Waals surface area contributed by atoms with Gasteiger partial charge in [-0.1, -0.05) is 30.3 Å². The van der Waals surface area contributed by atoms with Gasteiger partial charge in [-0.25, -0.2) is 14.3 Å². The van der Waals surface area contributed by atoms with Gasteiger partial charge in [0, 0.05) is 16.2 Å². The number of imide groups is 1. The molecule has 4 heterocycles. The number of hydrogen-bond donors (Lipinski definition) is 2. The molecule has 1 aliphatic rings. The average molecular weight is 448 g/mol. The Kier molecular flexibility index (Phi) is 5.05. The van der Waals surface area contributed by atoms with E-state index in [1.807, 2.05) is 24.3 Å². The molecule has 154 valence electrons. The van der Waals surface area contributed by atoms with Gasteiger partial charge in [-0.15, -0.1) is 23.1 Å². The summed E-state index contributed by atoms with van der Waals surface area (Å²) in [6, 6.07) is 15.9. The first-order valence-corrected chi connectivity index (χ1v) is 11.3. The van der Waals surface area contributed by atoms with Crippen LogP contribution in [0.2, 0.25) is 0 Å². The Hall–Kier alpha value is -3.43. The van der Waals surface area contributed by atoms with E-state index in [1.165, 1.54) is 10.4 Å². The van der Waals surface area contributed by atoms with Gasteiger partial charge >= 0.3 is 6.03 Å². The van der Waals surface area contributed by atoms with Crippen LogP contribution in [0, 0.1) is 6.92 Å². The van der Waals surface area contributed by atoms with Gasteiger partial charge < -0.3 is 5.32 Å². The van der Waals surface area contributed by atoms with E-state index >= 15 is 0 Å². The standard InChI is InChI=1S/C22H17N5O2S2/c1-13-7-8-18(31-13)16-10-19(30-12-14-5-3-2-4-6-14)27-20(24-16)15(11-23-27)9-17-21(28)26-22(29)25-17/h2-11H,12H2,1H3,(H2,25,26,28,29)/b17-9-. The molecule has 5 rings (SSSR count). The summed E-state index contributed by atoms with van der Waals surface area (Å²) in [4.78, 5) is 30.5. The van der Waals surface area contributed by atoms with E-state index in [9.17, 15) is 9.59 Å². The van der Waals surface area contributed by atoms with Crippen molar-refractivity contribution in [3.05, 3.63) is 76.4 Å². The van der Waals surface area contributed by atoms with E-state index < -0.39 is 11.9 Å². The highest BCUT2D eigenvalue weighted by Gasteiger charge is 2.24. The molecule has 2 N–H and O–H groups in total. The second-order valence-electron chi connectivity index (χ2n) is 6.97. The number of rotatable bonds is 5. The van der Waals surface area contributed by atoms with E-state index in [0.717, 1.165) is 21.3 Å². The number of thioether (sulfide) groups is 1. The number of aromatic nitrogens is 3. The van der Waals surface area contributed by atoms with Gasteiger partial charge in [0.2, 0.25) is 0 Å². The Morgan fingerprint density at radius 2 is 1.97 bits per heavy atom.